The van der Waals surface area contributed by atoms with E-state index in [0.717, 1.165) is 22.2 Å². The van der Waals surface area contributed by atoms with E-state index in [1.807, 2.05) is 18.2 Å². The van der Waals surface area contributed by atoms with Crippen LogP contribution >= 0.6 is 34.8 Å². The van der Waals surface area contributed by atoms with Crippen LogP contribution in [0.3, 0.4) is 0 Å². The summed E-state index contributed by atoms with van der Waals surface area (Å²) in [5.41, 5.74) is 2.44. The Morgan fingerprint density at radius 1 is 1.08 bits per heavy atom. The zero-order chi connectivity index (χ0) is 17.3. The maximum absolute atomic E-state index is 10.9. The maximum Gasteiger partial charge on any atom is 0.303 e. The molecule has 0 radical (unpaired) electrons. The Bertz CT molecular complexity index is 922. The van der Waals surface area contributed by atoms with E-state index < -0.39 is 5.97 Å². The molecule has 0 fully saturated rings. The summed E-state index contributed by atoms with van der Waals surface area (Å²) in [6.45, 7) is 0.444. The number of carboxylic acids is 1. The number of aromatic nitrogens is 2. The van der Waals surface area contributed by atoms with Gasteiger partial charge in [-0.05, 0) is 35.9 Å². The lowest BCUT2D eigenvalue weighted by atomic mass is 10.1. The summed E-state index contributed by atoms with van der Waals surface area (Å²) in [6.07, 6.45) is 0.380. The van der Waals surface area contributed by atoms with Crippen molar-refractivity contribution in [2.75, 3.05) is 0 Å². The van der Waals surface area contributed by atoms with Crippen LogP contribution in [0.5, 0.6) is 0 Å². The Labute approximate surface area is 153 Å². The zero-order valence-electron chi connectivity index (χ0n) is 12.5. The van der Waals surface area contributed by atoms with Crippen molar-refractivity contribution in [3.05, 3.63) is 62.7 Å². The van der Waals surface area contributed by atoms with Crippen molar-refractivity contribution in [3.63, 3.8) is 0 Å². The molecule has 0 spiro atoms. The van der Waals surface area contributed by atoms with Gasteiger partial charge < -0.3 is 5.11 Å². The van der Waals surface area contributed by atoms with Crippen LogP contribution in [-0.2, 0) is 17.8 Å². The lowest BCUT2D eigenvalue weighted by Crippen LogP contribution is -2.04. The van der Waals surface area contributed by atoms with Gasteiger partial charge in [-0.1, -0.05) is 40.9 Å². The molecule has 124 valence electrons. The molecule has 0 saturated heterocycles. The van der Waals surface area contributed by atoms with Crippen LogP contribution in [0, 0.1) is 0 Å². The zero-order valence-corrected chi connectivity index (χ0v) is 14.7. The Hall–Kier alpha value is -1.75. The molecule has 0 bridgehead atoms. The minimum Gasteiger partial charge on any atom is -0.481 e. The first kappa shape index (κ1) is 17.1. The van der Waals surface area contributed by atoms with Crippen LogP contribution in [0.25, 0.3) is 10.9 Å². The fourth-order valence-corrected chi connectivity index (χ4v) is 3.19. The molecule has 4 nitrogen and oxygen atoms in total. The van der Waals surface area contributed by atoms with Crippen molar-refractivity contribution in [2.45, 2.75) is 19.4 Å². The second-order valence-electron chi connectivity index (χ2n) is 5.40. The predicted octanol–water partition coefficient (Wildman–Crippen LogP) is 5.06. The molecule has 1 N–H and O–H groups in total. The van der Waals surface area contributed by atoms with Gasteiger partial charge in [0, 0.05) is 26.9 Å². The number of halogens is 3. The molecule has 0 aliphatic heterocycles. The highest BCUT2D eigenvalue weighted by Gasteiger charge is 2.13. The fourth-order valence-electron chi connectivity index (χ4n) is 2.56. The summed E-state index contributed by atoms with van der Waals surface area (Å²) in [6, 6.07) is 10.8. The molecule has 3 aromatic rings. The molecular weight excluding hydrogens is 371 g/mol. The molecule has 1 aromatic heterocycles. The van der Waals surface area contributed by atoms with Gasteiger partial charge >= 0.3 is 5.97 Å². The molecule has 24 heavy (non-hydrogen) atoms. The summed E-state index contributed by atoms with van der Waals surface area (Å²) >= 11 is 18.3. The number of carbonyl (C=O) groups is 1. The molecule has 0 atom stereocenters. The standard InChI is InChI=1S/C17H13Cl3N2O2/c18-11-2-1-10(14(20)7-11)9-22-16-8-12(19)3-4-13(16)15(21-22)5-6-17(23)24/h1-4,7-8H,5-6,9H2,(H,23,24). The lowest BCUT2D eigenvalue weighted by molar-refractivity contribution is -0.136. The fraction of sp³-hybridized carbons (Fsp3) is 0.176. The molecule has 3 rings (SSSR count). The van der Waals surface area contributed by atoms with E-state index >= 15 is 0 Å². The Morgan fingerprint density at radius 3 is 2.50 bits per heavy atom. The number of nitrogens with zero attached hydrogens (tertiary/aromatic N) is 2. The van der Waals surface area contributed by atoms with Crippen molar-refractivity contribution in [1.29, 1.82) is 0 Å². The quantitative estimate of drug-likeness (QED) is 0.670. The van der Waals surface area contributed by atoms with Crippen molar-refractivity contribution in [3.8, 4) is 0 Å². The van der Waals surface area contributed by atoms with Gasteiger partial charge in [0.2, 0.25) is 0 Å². The molecule has 2 aromatic carbocycles. The summed E-state index contributed by atoms with van der Waals surface area (Å²) in [7, 11) is 0. The molecule has 7 heteroatoms. The predicted molar refractivity (Wildman–Crippen MR) is 96.3 cm³/mol. The van der Waals surface area contributed by atoms with Gasteiger partial charge in [0.15, 0.2) is 0 Å². The number of rotatable bonds is 5. The molecule has 0 unspecified atom stereocenters. The summed E-state index contributed by atoms with van der Waals surface area (Å²) in [5, 5.41) is 16.1. The third-order valence-corrected chi connectivity index (χ3v) is 4.52. The molecule has 0 amide bonds. The number of hydrogen-bond donors (Lipinski definition) is 1. The van der Waals surface area contributed by atoms with E-state index in [2.05, 4.69) is 5.10 Å². The summed E-state index contributed by atoms with van der Waals surface area (Å²) in [4.78, 5) is 10.9. The Morgan fingerprint density at radius 2 is 1.79 bits per heavy atom. The SMILES string of the molecule is O=C(O)CCc1nn(Cc2ccc(Cl)cc2Cl)c2cc(Cl)ccc12. The van der Waals surface area contributed by atoms with E-state index in [-0.39, 0.29) is 6.42 Å². The Balaban J connectivity index is 2.03. The number of carboxylic acid groups (broad SMARTS) is 1. The van der Waals surface area contributed by atoms with Crippen LogP contribution in [-0.4, -0.2) is 20.9 Å². The highest BCUT2D eigenvalue weighted by atomic mass is 35.5. The van der Waals surface area contributed by atoms with Crippen molar-refractivity contribution < 1.29 is 9.90 Å². The minimum absolute atomic E-state index is 0.0242. The van der Waals surface area contributed by atoms with E-state index in [0.29, 0.717) is 28.0 Å². The van der Waals surface area contributed by atoms with Gasteiger partial charge in [0.05, 0.1) is 24.2 Å². The molecule has 0 saturated carbocycles. The van der Waals surface area contributed by atoms with Gasteiger partial charge in [-0.2, -0.15) is 5.10 Å². The second-order valence-corrected chi connectivity index (χ2v) is 6.68. The van der Waals surface area contributed by atoms with Gasteiger partial charge in [-0.15, -0.1) is 0 Å². The Kier molecular flexibility index (Phi) is 4.99. The third kappa shape index (κ3) is 3.66. The smallest absolute Gasteiger partial charge is 0.303 e. The first-order valence-electron chi connectivity index (χ1n) is 7.24. The van der Waals surface area contributed by atoms with Crippen molar-refractivity contribution >= 4 is 51.7 Å². The number of benzene rings is 2. The van der Waals surface area contributed by atoms with Crippen LogP contribution < -0.4 is 0 Å². The summed E-state index contributed by atoms with van der Waals surface area (Å²) in [5.74, 6) is -0.854. The van der Waals surface area contributed by atoms with Crippen LogP contribution in [0.4, 0.5) is 0 Å². The number of hydrogen-bond acceptors (Lipinski definition) is 2. The summed E-state index contributed by atoms with van der Waals surface area (Å²) < 4.78 is 1.79. The third-order valence-electron chi connectivity index (χ3n) is 3.70. The van der Waals surface area contributed by atoms with Gasteiger partial charge in [-0.25, -0.2) is 0 Å². The highest BCUT2D eigenvalue weighted by molar-refractivity contribution is 6.35. The molecule has 0 aliphatic carbocycles. The number of fused-ring (bicyclic) bond motifs is 1. The van der Waals surface area contributed by atoms with Crippen LogP contribution in [0.1, 0.15) is 17.7 Å². The van der Waals surface area contributed by atoms with Gasteiger partial charge in [-0.3, -0.25) is 9.48 Å². The molecule has 1 heterocycles. The highest BCUT2D eigenvalue weighted by Crippen LogP contribution is 2.27. The van der Waals surface area contributed by atoms with Gasteiger partial charge in [0.1, 0.15) is 0 Å². The van der Waals surface area contributed by atoms with E-state index in [4.69, 9.17) is 39.9 Å². The monoisotopic (exact) mass is 382 g/mol. The normalized spacial score (nSPS) is 11.1. The average molecular weight is 384 g/mol. The number of aryl methyl sites for hydroxylation is 1. The second kappa shape index (κ2) is 7.01. The minimum atomic E-state index is -0.854. The molecular formula is C17H13Cl3N2O2. The van der Waals surface area contributed by atoms with Gasteiger partial charge in [0.25, 0.3) is 0 Å². The van der Waals surface area contributed by atoms with E-state index in [1.54, 1.807) is 22.9 Å². The first-order valence-corrected chi connectivity index (χ1v) is 8.38. The largest absolute Gasteiger partial charge is 0.481 e. The first-order chi connectivity index (χ1) is 11.4. The van der Waals surface area contributed by atoms with Crippen LogP contribution in [0.2, 0.25) is 15.1 Å². The van der Waals surface area contributed by atoms with Crippen molar-refractivity contribution in [2.24, 2.45) is 0 Å². The van der Waals surface area contributed by atoms with Crippen LogP contribution in [0.15, 0.2) is 36.4 Å². The van der Waals surface area contributed by atoms with E-state index in [1.165, 1.54) is 0 Å². The van der Waals surface area contributed by atoms with E-state index in [9.17, 15) is 4.79 Å². The van der Waals surface area contributed by atoms with Crippen molar-refractivity contribution in [1.82, 2.24) is 9.78 Å². The molecule has 0 aliphatic rings. The lowest BCUT2D eigenvalue weighted by Gasteiger charge is -2.07. The number of aliphatic carboxylic acids is 1. The average Bonchev–Trinajstić information content (AvgIpc) is 2.85. The topological polar surface area (TPSA) is 55.1 Å². The maximum atomic E-state index is 10.9.